The van der Waals surface area contributed by atoms with Gasteiger partial charge in [-0.05, 0) is 50.3 Å². The SMILES string of the molecule is Cc1ccc2cc(C(=O)N3CCCCC3CCO)[nH]c2c1. The number of carbonyl (C=O) groups is 1. The first-order valence-electron chi connectivity index (χ1n) is 7.70. The van der Waals surface area contributed by atoms with Gasteiger partial charge in [0.1, 0.15) is 5.69 Å². The molecule has 0 saturated carbocycles. The molecule has 3 rings (SSSR count). The van der Waals surface area contributed by atoms with Crippen molar-refractivity contribution < 1.29 is 9.90 Å². The summed E-state index contributed by atoms with van der Waals surface area (Å²) >= 11 is 0. The van der Waals surface area contributed by atoms with Crippen molar-refractivity contribution in [2.24, 2.45) is 0 Å². The molecular weight excluding hydrogens is 264 g/mol. The Kier molecular flexibility index (Phi) is 3.97. The topological polar surface area (TPSA) is 56.3 Å². The highest BCUT2D eigenvalue weighted by Crippen LogP contribution is 2.23. The second-order valence-electron chi connectivity index (χ2n) is 5.93. The molecule has 1 aromatic carbocycles. The van der Waals surface area contributed by atoms with E-state index < -0.39 is 0 Å². The van der Waals surface area contributed by atoms with E-state index >= 15 is 0 Å². The molecule has 21 heavy (non-hydrogen) atoms. The molecule has 4 nitrogen and oxygen atoms in total. The summed E-state index contributed by atoms with van der Waals surface area (Å²) in [5.74, 6) is 0.0574. The second-order valence-corrected chi connectivity index (χ2v) is 5.93. The molecule has 2 aromatic rings. The first-order valence-corrected chi connectivity index (χ1v) is 7.70. The van der Waals surface area contributed by atoms with E-state index in [-0.39, 0.29) is 18.6 Å². The second kappa shape index (κ2) is 5.90. The lowest BCUT2D eigenvalue weighted by Gasteiger charge is -2.35. The normalized spacial score (nSPS) is 19.1. The maximum absolute atomic E-state index is 12.8. The van der Waals surface area contributed by atoms with Gasteiger partial charge in [-0.25, -0.2) is 0 Å². The van der Waals surface area contributed by atoms with Gasteiger partial charge in [0.15, 0.2) is 0 Å². The lowest BCUT2D eigenvalue weighted by Crippen LogP contribution is -2.44. The third-order valence-corrected chi connectivity index (χ3v) is 4.36. The van der Waals surface area contributed by atoms with Crippen LogP contribution in [0.15, 0.2) is 24.3 Å². The number of carbonyl (C=O) groups excluding carboxylic acids is 1. The van der Waals surface area contributed by atoms with Crippen molar-refractivity contribution in [3.63, 3.8) is 0 Å². The number of hydrogen-bond donors (Lipinski definition) is 2. The van der Waals surface area contributed by atoms with Gasteiger partial charge in [0.2, 0.25) is 0 Å². The highest BCUT2D eigenvalue weighted by atomic mass is 16.3. The highest BCUT2D eigenvalue weighted by Gasteiger charge is 2.27. The Morgan fingerprint density at radius 2 is 2.24 bits per heavy atom. The summed E-state index contributed by atoms with van der Waals surface area (Å²) < 4.78 is 0. The van der Waals surface area contributed by atoms with E-state index in [9.17, 15) is 9.90 Å². The number of aliphatic hydroxyl groups is 1. The van der Waals surface area contributed by atoms with Crippen molar-refractivity contribution in [3.8, 4) is 0 Å². The van der Waals surface area contributed by atoms with Crippen molar-refractivity contribution in [1.29, 1.82) is 0 Å². The van der Waals surface area contributed by atoms with Gasteiger partial charge in [0.05, 0.1) is 0 Å². The van der Waals surface area contributed by atoms with Crippen LogP contribution in [0, 0.1) is 6.92 Å². The van der Waals surface area contributed by atoms with Gasteiger partial charge in [0.25, 0.3) is 5.91 Å². The van der Waals surface area contributed by atoms with Gasteiger partial charge in [0, 0.05) is 30.1 Å². The molecule has 1 saturated heterocycles. The summed E-state index contributed by atoms with van der Waals surface area (Å²) in [7, 11) is 0. The van der Waals surface area contributed by atoms with Crippen LogP contribution in [0.1, 0.15) is 41.7 Å². The first kappa shape index (κ1) is 14.1. The van der Waals surface area contributed by atoms with Crippen LogP contribution < -0.4 is 0 Å². The summed E-state index contributed by atoms with van der Waals surface area (Å²) in [6.07, 6.45) is 3.85. The average molecular weight is 286 g/mol. The molecule has 1 aliphatic heterocycles. The van der Waals surface area contributed by atoms with Crippen LogP contribution in [-0.4, -0.2) is 40.1 Å². The van der Waals surface area contributed by atoms with Crippen molar-refractivity contribution in [2.75, 3.05) is 13.2 Å². The molecular formula is C17H22N2O2. The monoisotopic (exact) mass is 286 g/mol. The summed E-state index contributed by atoms with van der Waals surface area (Å²) in [5.41, 5.74) is 2.84. The van der Waals surface area contributed by atoms with E-state index in [4.69, 9.17) is 0 Å². The van der Waals surface area contributed by atoms with Gasteiger partial charge in [-0.2, -0.15) is 0 Å². The van der Waals surface area contributed by atoms with E-state index in [2.05, 4.69) is 17.1 Å². The smallest absolute Gasteiger partial charge is 0.270 e. The molecule has 1 amide bonds. The first-order chi connectivity index (χ1) is 10.2. The van der Waals surface area contributed by atoms with Crippen LogP contribution in [-0.2, 0) is 0 Å². The fourth-order valence-electron chi connectivity index (χ4n) is 3.23. The Hall–Kier alpha value is -1.81. The Balaban J connectivity index is 1.87. The number of aryl methyl sites for hydroxylation is 1. The molecule has 0 spiro atoms. The summed E-state index contributed by atoms with van der Waals surface area (Å²) in [5, 5.41) is 10.3. The van der Waals surface area contributed by atoms with Gasteiger partial charge in [-0.3, -0.25) is 4.79 Å². The number of nitrogens with zero attached hydrogens (tertiary/aromatic N) is 1. The van der Waals surface area contributed by atoms with Crippen LogP contribution in [0.25, 0.3) is 10.9 Å². The van der Waals surface area contributed by atoms with E-state index in [1.165, 1.54) is 5.56 Å². The van der Waals surface area contributed by atoms with Crippen molar-refractivity contribution >= 4 is 16.8 Å². The predicted octanol–water partition coefficient (Wildman–Crippen LogP) is 2.85. The molecule has 4 heteroatoms. The molecule has 0 aliphatic carbocycles. The number of aromatic nitrogens is 1. The van der Waals surface area contributed by atoms with Gasteiger partial charge >= 0.3 is 0 Å². The van der Waals surface area contributed by atoms with E-state index in [1.807, 2.05) is 24.0 Å². The highest BCUT2D eigenvalue weighted by molar-refractivity contribution is 5.98. The quantitative estimate of drug-likeness (QED) is 0.911. The number of aromatic amines is 1. The molecule has 1 fully saturated rings. The Bertz CT molecular complexity index is 645. The number of likely N-dealkylation sites (tertiary alicyclic amines) is 1. The Labute approximate surface area is 124 Å². The number of hydrogen-bond acceptors (Lipinski definition) is 2. The standard InChI is InChI=1S/C17H22N2O2/c1-12-5-6-13-11-16(18-15(13)10-12)17(21)19-8-3-2-4-14(19)7-9-20/h5-6,10-11,14,18,20H,2-4,7-9H2,1H3. The molecule has 2 heterocycles. The molecule has 1 atom stereocenters. The van der Waals surface area contributed by atoms with Crippen molar-refractivity contribution in [3.05, 3.63) is 35.5 Å². The lowest BCUT2D eigenvalue weighted by atomic mass is 9.99. The minimum atomic E-state index is 0.0574. The third-order valence-electron chi connectivity index (χ3n) is 4.36. The lowest BCUT2D eigenvalue weighted by molar-refractivity contribution is 0.0569. The summed E-state index contributed by atoms with van der Waals surface area (Å²) in [6.45, 7) is 2.97. The third kappa shape index (κ3) is 2.81. The number of H-pyrrole nitrogens is 1. The average Bonchev–Trinajstić information content (AvgIpc) is 2.90. The minimum absolute atomic E-state index is 0.0574. The van der Waals surface area contributed by atoms with Gasteiger partial charge in [-0.1, -0.05) is 12.1 Å². The molecule has 2 N–H and O–H groups in total. The molecule has 1 unspecified atom stereocenters. The number of rotatable bonds is 3. The number of aliphatic hydroxyl groups excluding tert-OH is 1. The van der Waals surface area contributed by atoms with Crippen LogP contribution >= 0.6 is 0 Å². The zero-order valence-electron chi connectivity index (χ0n) is 12.4. The summed E-state index contributed by atoms with van der Waals surface area (Å²) in [6, 6.07) is 8.26. The zero-order valence-corrected chi connectivity index (χ0v) is 12.4. The van der Waals surface area contributed by atoms with Crippen LogP contribution in [0.3, 0.4) is 0 Å². The minimum Gasteiger partial charge on any atom is -0.396 e. The molecule has 1 aliphatic rings. The van der Waals surface area contributed by atoms with Crippen molar-refractivity contribution in [1.82, 2.24) is 9.88 Å². The predicted molar refractivity (Wildman–Crippen MR) is 83.4 cm³/mol. The number of piperidine rings is 1. The van der Waals surface area contributed by atoms with Crippen LogP contribution in [0.2, 0.25) is 0 Å². The molecule has 0 bridgehead atoms. The number of fused-ring (bicyclic) bond motifs is 1. The van der Waals surface area contributed by atoms with Crippen LogP contribution in [0.4, 0.5) is 0 Å². The van der Waals surface area contributed by atoms with Crippen LogP contribution in [0.5, 0.6) is 0 Å². The Morgan fingerprint density at radius 1 is 1.38 bits per heavy atom. The van der Waals surface area contributed by atoms with E-state index in [1.54, 1.807) is 0 Å². The number of amides is 1. The fraction of sp³-hybridized carbons (Fsp3) is 0.471. The number of nitrogens with one attached hydrogen (secondary N) is 1. The maximum Gasteiger partial charge on any atom is 0.270 e. The summed E-state index contributed by atoms with van der Waals surface area (Å²) in [4.78, 5) is 17.9. The van der Waals surface area contributed by atoms with Gasteiger partial charge < -0.3 is 15.0 Å². The largest absolute Gasteiger partial charge is 0.396 e. The van der Waals surface area contributed by atoms with E-state index in [0.29, 0.717) is 12.1 Å². The molecule has 1 aromatic heterocycles. The Morgan fingerprint density at radius 3 is 3.05 bits per heavy atom. The molecule has 0 radical (unpaired) electrons. The maximum atomic E-state index is 12.8. The van der Waals surface area contributed by atoms with Gasteiger partial charge in [-0.15, -0.1) is 0 Å². The van der Waals surface area contributed by atoms with Crippen molar-refractivity contribution in [2.45, 2.75) is 38.6 Å². The fourth-order valence-corrected chi connectivity index (χ4v) is 3.23. The zero-order chi connectivity index (χ0) is 14.8. The molecule has 112 valence electrons. The number of benzene rings is 1. The van der Waals surface area contributed by atoms with E-state index in [0.717, 1.165) is 36.7 Å².